The molecule has 0 amide bonds. The van der Waals surface area contributed by atoms with E-state index in [2.05, 4.69) is 21.8 Å². The lowest BCUT2D eigenvalue weighted by molar-refractivity contribution is 0.0684. The Kier molecular flexibility index (Phi) is 3.73. The van der Waals surface area contributed by atoms with Crippen LogP contribution in [0.2, 0.25) is 0 Å². The van der Waals surface area contributed by atoms with Crippen molar-refractivity contribution in [3.63, 3.8) is 0 Å². The first-order valence-electron chi connectivity index (χ1n) is 7.44. The summed E-state index contributed by atoms with van der Waals surface area (Å²) >= 11 is 0. The van der Waals surface area contributed by atoms with Crippen LogP contribution in [0.3, 0.4) is 0 Å². The molecule has 0 aliphatic carbocycles. The topological polar surface area (TPSA) is 66.3 Å². The molecular weight excluding hydrogens is 266 g/mol. The fraction of sp³-hybridized carbons (Fsp3) is 0.438. The van der Waals surface area contributed by atoms with Crippen LogP contribution in [-0.2, 0) is 0 Å². The van der Waals surface area contributed by atoms with Crippen LogP contribution in [0.4, 0.5) is 5.82 Å². The van der Waals surface area contributed by atoms with Gasteiger partial charge in [0.05, 0.1) is 5.52 Å². The first-order valence-corrected chi connectivity index (χ1v) is 7.44. The number of carboxylic acid groups (broad SMARTS) is 1. The van der Waals surface area contributed by atoms with Gasteiger partial charge in [0.15, 0.2) is 0 Å². The van der Waals surface area contributed by atoms with Crippen LogP contribution in [0.1, 0.15) is 36.8 Å². The van der Waals surface area contributed by atoms with E-state index in [9.17, 15) is 9.90 Å². The average Bonchev–Trinajstić information content (AvgIpc) is 2.54. The maximum atomic E-state index is 11.2. The number of benzene rings is 1. The number of hydrogen-bond acceptors (Lipinski definition) is 4. The van der Waals surface area contributed by atoms with Crippen LogP contribution in [-0.4, -0.2) is 34.1 Å². The highest BCUT2D eigenvalue weighted by molar-refractivity contribution is 5.93. The Morgan fingerprint density at radius 2 is 2.00 bits per heavy atom. The predicted molar refractivity (Wildman–Crippen MR) is 81.7 cm³/mol. The molecular formula is C16H19N3O2. The SMILES string of the molecule is CCC1CCN(c2nc(C(=O)O)nc3ccccc23)CC1. The van der Waals surface area contributed by atoms with Gasteiger partial charge in [-0.2, -0.15) is 0 Å². The molecule has 2 heterocycles. The van der Waals surface area contributed by atoms with Crippen molar-refractivity contribution >= 4 is 22.7 Å². The Hall–Kier alpha value is -2.17. The number of aromatic carboxylic acids is 1. The van der Waals surface area contributed by atoms with Crippen molar-refractivity contribution in [2.75, 3.05) is 18.0 Å². The van der Waals surface area contributed by atoms with Crippen LogP contribution >= 0.6 is 0 Å². The van der Waals surface area contributed by atoms with Gasteiger partial charge in [0.2, 0.25) is 5.82 Å². The molecule has 110 valence electrons. The number of carbonyl (C=O) groups is 1. The van der Waals surface area contributed by atoms with Crippen molar-refractivity contribution in [1.29, 1.82) is 0 Å². The average molecular weight is 285 g/mol. The molecule has 1 aromatic carbocycles. The van der Waals surface area contributed by atoms with E-state index in [1.54, 1.807) is 0 Å². The van der Waals surface area contributed by atoms with Gasteiger partial charge in [-0.1, -0.05) is 25.5 Å². The zero-order valence-corrected chi connectivity index (χ0v) is 12.1. The monoisotopic (exact) mass is 285 g/mol. The molecule has 5 nitrogen and oxygen atoms in total. The van der Waals surface area contributed by atoms with E-state index in [-0.39, 0.29) is 5.82 Å². The summed E-state index contributed by atoms with van der Waals surface area (Å²) in [4.78, 5) is 21.8. The van der Waals surface area contributed by atoms with Gasteiger partial charge in [-0.25, -0.2) is 14.8 Å². The highest BCUT2D eigenvalue weighted by Gasteiger charge is 2.22. The minimum absolute atomic E-state index is 0.124. The molecule has 5 heteroatoms. The number of rotatable bonds is 3. The van der Waals surface area contributed by atoms with Crippen LogP contribution in [0, 0.1) is 5.92 Å². The molecule has 1 N–H and O–H groups in total. The van der Waals surface area contributed by atoms with E-state index in [4.69, 9.17) is 0 Å². The molecule has 0 radical (unpaired) electrons. The second kappa shape index (κ2) is 5.68. The molecule has 1 saturated heterocycles. The zero-order chi connectivity index (χ0) is 14.8. The highest BCUT2D eigenvalue weighted by atomic mass is 16.4. The van der Waals surface area contributed by atoms with E-state index in [1.807, 2.05) is 24.3 Å². The summed E-state index contributed by atoms with van der Waals surface area (Å²) in [5, 5.41) is 10.1. The standard InChI is InChI=1S/C16H19N3O2/c1-2-11-7-9-19(10-8-11)15-12-5-3-4-6-13(12)17-14(18-15)16(20)21/h3-6,11H,2,7-10H2,1H3,(H,20,21). The molecule has 21 heavy (non-hydrogen) atoms. The molecule has 0 bridgehead atoms. The summed E-state index contributed by atoms with van der Waals surface area (Å²) in [5.74, 6) is 0.326. The van der Waals surface area contributed by atoms with Gasteiger partial charge in [-0.15, -0.1) is 0 Å². The number of nitrogens with zero attached hydrogens (tertiary/aromatic N) is 3. The third-order valence-corrected chi connectivity index (χ3v) is 4.27. The molecule has 1 aliphatic rings. The lowest BCUT2D eigenvalue weighted by Crippen LogP contribution is -2.34. The maximum absolute atomic E-state index is 11.2. The predicted octanol–water partition coefficient (Wildman–Crippen LogP) is 2.95. The largest absolute Gasteiger partial charge is 0.475 e. The van der Waals surface area contributed by atoms with Gasteiger partial charge in [-0.3, -0.25) is 0 Å². The Morgan fingerprint density at radius 1 is 1.29 bits per heavy atom. The molecule has 0 atom stereocenters. The number of piperidine rings is 1. The molecule has 0 spiro atoms. The third kappa shape index (κ3) is 2.68. The fourth-order valence-electron chi connectivity index (χ4n) is 2.95. The molecule has 0 saturated carbocycles. The number of anilines is 1. The summed E-state index contributed by atoms with van der Waals surface area (Å²) in [7, 11) is 0. The smallest absolute Gasteiger partial charge is 0.374 e. The summed E-state index contributed by atoms with van der Waals surface area (Å²) in [6.45, 7) is 4.08. The van der Waals surface area contributed by atoms with Crippen LogP contribution in [0.15, 0.2) is 24.3 Å². The van der Waals surface area contributed by atoms with Crippen molar-refractivity contribution in [2.24, 2.45) is 5.92 Å². The van der Waals surface area contributed by atoms with E-state index in [1.165, 1.54) is 6.42 Å². The van der Waals surface area contributed by atoms with Crippen molar-refractivity contribution in [3.05, 3.63) is 30.1 Å². The quantitative estimate of drug-likeness (QED) is 0.939. The van der Waals surface area contributed by atoms with E-state index in [0.29, 0.717) is 5.52 Å². The summed E-state index contributed by atoms with van der Waals surface area (Å²) in [6.07, 6.45) is 3.48. The second-order valence-corrected chi connectivity index (χ2v) is 5.53. The molecule has 1 aromatic heterocycles. The molecule has 3 rings (SSSR count). The lowest BCUT2D eigenvalue weighted by atomic mass is 9.94. The van der Waals surface area contributed by atoms with Gasteiger partial charge in [-0.05, 0) is 30.9 Å². The second-order valence-electron chi connectivity index (χ2n) is 5.53. The van der Waals surface area contributed by atoms with Gasteiger partial charge >= 0.3 is 5.97 Å². The van der Waals surface area contributed by atoms with Gasteiger partial charge in [0.25, 0.3) is 0 Å². The highest BCUT2D eigenvalue weighted by Crippen LogP contribution is 2.28. The Bertz CT molecular complexity index is 664. The molecule has 2 aromatic rings. The van der Waals surface area contributed by atoms with E-state index in [0.717, 1.165) is 43.1 Å². The minimum atomic E-state index is -1.08. The van der Waals surface area contributed by atoms with Gasteiger partial charge < -0.3 is 10.0 Å². The van der Waals surface area contributed by atoms with Crippen LogP contribution in [0.5, 0.6) is 0 Å². The molecule has 1 fully saturated rings. The number of aromatic nitrogens is 2. The summed E-state index contributed by atoms with van der Waals surface area (Å²) in [5.41, 5.74) is 0.692. The minimum Gasteiger partial charge on any atom is -0.475 e. The molecule has 0 unspecified atom stereocenters. The van der Waals surface area contributed by atoms with Gasteiger partial charge in [0.1, 0.15) is 5.82 Å². The number of para-hydroxylation sites is 1. The van der Waals surface area contributed by atoms with Crippen molar-refractivity contribution in [2.45, 2.75) is 26.2 Å². The first-order chi connectivity index (χ1) is 10.2. The summed E-state index contributed by atoms with van der Waals surface area (Å²) in [6, 6.07) is 7.61. The van der Waals surface area contributed by atoms with Crippen LogP contribution in [0.25, 0.3) is 10.9 Å². The first kappa shape index (κ1) is 13.8. The summed E-state index contributed by atoms with van der Waals surface area (Å²) < 4.78 is 0. The van der Waals surface area contributed by atoms with E-state index < -0.39 is 5.97 Å². The molecule has 1 aliphatic heterocycles. The number of carboxylic acids is 1. The third-order valence-electron chi connectivity index (χ3n) is 4.27. The zero-order valence-electron chi connectivity index (χ0n) is 12.1. The van der Waals surface area contributed by atoms with Crippen molar-refractivity contribution < 1.29 is 9.90 Å². The van der Waals surface area contributed by atoms with E-state index >= 15 is 0 Å². The lowest BCUT2D eigenvalue weighted by Gasteiger charge is -2.33. The normalized spacial score (nSPS) is 16.3. The van der Waals surface area contributed by atoms with Crippen LogP contribution < -0.4 is 4.90 Å². The Morgan fingerprint density at radius 3 is 2.67 bits per heavy atom. The Labute approximate surface area is 123 Å². The van der Waals surface area contributed by atoms with Crippen molar-refractivity contribution in [1.82, 2.24) is 9.97 Å². The Balaban J connectivity index is 2.02. The van der Waals surface area contributed by atoms with Crippen molar-refractivity contribution in [3.8, 4) is 0 Å². The van der Waals surface area contributed by atoms with Gasteiger partial charge in [0, 0.05) is 18.5 Å². The number of hydrogen-bond donors (Lipinski definition) is 1. The number of fused-ring (bicyclic) bond motifs is 1. The fourth-order valence-corrected chi connectivity index (χ4v) is 2.95. The maximum Gasteiger partial charge on any atom is 0.374 e.